The number of hydrogen-bond acceptors (Lipinski definition) is 4. The summed E-state index contributed by atoms with van der Waals surface area (Å²) in [7, 11) is 3.38. The maximum absolute atomic E-state index is 11.8. The molecule has 1 aliphatic rings. The SMILES string of the molecule is CN(C)C(=O)C1CCC(CNC(=O)NCc2ccc(C(=O)O)cc2)O1. The lowest BCUT2D eigenvalue weighted by molar-refractivity contribution is -0.140. The van der Waals surface area contributed by atoms with Crippen LogP contribution in [0, 0.1) is 0 Å². The maximum Gasteiger partial charge on any atom is 0.335 e. The van der Waals surface area contributed by atoms with Crippen LogP contribution in [0.4, 0.5) is 4.79 Å². The van der Waals surface area contributed by atoms with Crippen molar-refractivity contribution in [2.45, 2.75) is 31.6 Å². The number of benzene rings is 1. The van der Waals surface area contributed by atoms with Crippen LogP contribution in [-0.4, -0.2) is 60.8 Å². The summed E-state index contributed by atoms with van der Waals surface area (Å²) in [6, 6.07) is 5.95. The molecule has 1 fully saturated rings. The molecule has 0 radical (unpaired) electrons. The van der Waals surface area contributed by atoms with Crippen LogP contribution < -0.4 is 10.6 Å². The first-order valence-electron chi connectivity index (χ1n) is 8.07. The lowest BCUT2D eigenvalue weighted by atomic mass is 10.1. The number of urea groups is 1. The average Bonchev–Trinajstić information content (AvgIpc) is 3.06. The van der Waals surface area contributed by atoms with Crippen LogP contribution >= 0.6 is 0 Å². The van der Waals surface area contributed by atoms with E-state index in [1.54, 1.807) is 26.2 Å². The van der Waals surface area contributed by atoms with E-state index in [1.807, 2.05) is 0 Å². The molecule has 0 aromatic heterocycles. The second kappa shape index (κ2) is 8.48. The Labute approximate surface area is 146 Å². The number of nitrogens with one attached hydrogen (secondary N) is 2. The van der Waals surface area contributed by atoms with E-state index in [2.05, 4.69) is 10.6 Å². The predicted octanol–water partition coefficient (Wildman–Crippen LogP) is 0.820. The molecule has 2 atom stereocenters. The molecule has 2 unspecified atom stereocenters. The number of hydrogen-bond donors (Lipinski definition) is 3. The first kappa shape index (κ1) is 18.7. The van der Waals surface area contributed by atoms with Gasteiger partial charge in [0.2, 0.25) is 0 Å². The molecule has 0 bridgehead atoms. The Morgan fingerprint density at radius 1 is 1.16 bits per heavy atom. The molecule has 3 N–H and O–H groups in total. The summed E-state index contributed by atoms with van der Waals surface area (Å²) in [5.41, 5.74) is 1.00. The summed E-state index contributed by atoms with van der Waals surface area (Å²) in [4.78, 5) is 35.9. The molecule has 1 saturated heterocycles. The highest BCUT2D eigenvalue weighted by Crippen LogP contribution is 2.20. The summed E-state index contributed by atoms with van der Waals surface area (Å²) in [6.45, 7) is 0.625. The van der Waals surface area contributed by atoms with Gasteiger partial charge >= 0.3 is 12.0 Å². The zero-order valence-electron chi connectivity index (χ0n) is 14.3. The zero-order valence-corrected chi connectivity index (χ0v) is 14.3. The van der Waals surface area contributed by atoms with Gasteiger partial charge < -0.3 is 25.4 Å². The molecule has 8 nitrogen and oxygen atoms in total. The van der Waals surface area contributed by atoms with E-state index in [0.29, 0.717) is 19.5 Å². The number of carbonyl (C=O) groups excluding carboxylic acids is 2. The molecule has 1 aromatic rings. The van der Waals surface area contributed by atoms with Gasteiger partial charge in [0.15, 0.2) is 0 Å². The van der Waals surface area contributed by atoms with Crippen molar-refractivity contribution in [2.75, 3.05) is 20.6 Å². The van der Waals surface area contributed by atoms with Crippen molar-refractivity contribution in [2.24, 2.45) is 0 Å². The first-order chi connectivity index (χ1) is 11.9. The molecule has 0 aliphatic carbocycles. The standard InChI is InChI=1S/C17H23N3O5/c1-20(2)15(21)14-8-7-13(25-14)10-19-17(24)18-9-11-3-5-12(6-4-11)16(22)23/h3-6,13-14H,7-10H2,1-2H3,(H,22,23)(H2,18,19,24). The third-order valence-corrected chi connectivity index (χ3v) is 3.97. The monoisotopic (exact) mass is 349 g/mol. The molecule has 3 amide bonds. The van der Waals surface area contributed by atoms with E-state index < -0.39 is 12.1 Å². The number of carbonyl (C=O) groups is 3. The molecule has 1 heterocycles. The van der Waals surface area contributed by atoms with Crippen LogP contribution in [0.2, 0.25) is 0 Å². The zero-order chi connectivity index (χ0) is 18.4. The number of rotatable bonds is 6. The van der Waals surface area contributed by atoms with Gasteiger partial charge in [0, 0.05) is 27.2 Å². The minimum atomic E-state index is -0.986. The van der Waals surface area contributed by atoms with Crippen molar-refractivity contribution in [1.82, 2.24) is 15.5 Å². The molecule has 1 aliphatic heterocycles. The van der Waals surface area contributed by atoms with Gasteiger partial charge in [0.1, 0.15) is 6.10 Å². The van der Waals surface area contributed by atoms with Crippen LogP contribution in [0.5, 0.6) is 0 Å². The predicted molar refractivity (Wildman–Crippen MR) is 90.2 cm³/mol. The largest absolute Gasteiger partial charge is 0.478 e. The van der Waals surface area contributed by atoms with Crippen molar-refractivity contribution in [1.29, 1.82) is 0 Å². The van der Waals surface area contributed by atoms with Gasteiger partial charge in [-0.05, 0) is 30.5 Å². The van der Waals surface area contributed by atoms with Gasteiger partial charge in [-0.3, -0.25) is 4.79 Å². The highest BCUT2D eigenvalue weighted by Gasteiger charge is 2.31. The number of aromatic carboxylic acids is 1. The summed E-state index contributed by atoms with van der Waals surface area (Å²) in [5.74, 6) is -1.04. The Morgan fingerprint density at radius 3 is 2.44 bits per heavy atom. The number of carboxylic acids is 1. The molecule has 1 aromatic carbocycles. The van der Waals surface area contributed by atoms with Gasteiger partial charge in [-0.2, -0.15) is 0 Å². The highest BCUT2D eigenvalue weighted by molar-refractivity contribution is 5.87. The second-order valence-corrected chi connectivity index (χ2v) is 6.12. The third-order valence-electron chi connectivity index (χ3n) is 3.97. The number of amides is 3. The van der Waals surface area contributed by atoms with Gasteiger partial charge in [-0.15, -0.1) is 0 Å². The van der Waals surface area contributed by atoms with E-state index in [-0.39, 0.29) is 23.6 Å². The fraction of sp³-hybridized carbons (Fsp3) is 0.471. The third kappa shape index (κ3) is 5.46. The number of carboxylic acid groups (broad SMARTS) is 1. The fourth-order valence-electron chi connectivity index (χ4n) is 2.54. The van der Waals surface area contributed by atoms with E-state index >= 15 is 0 Å². The Kier molecular flexibility index (Phi) is 6.35. The molecule has 8 heteroatoms. The average molecular weight is 349 g/mol. The van der Waals surface area contributed by atoms with Crippen molar-refractivity contribution < 1.29 is 24.2 Å². The van der Waals surface area contributed by atoms with Crippen LogP contribution in [0.25, 0.3) is 0 Å². The molecule has 0 spiro atoms. The maximum atomic E-state index is 11.8. The minimum absolute atomic E-state index is 0.0586. The van der Waals surface area contributed by atoms with Crippen LogP contribution in [-0.2, 0) is 16.1 Å². The Bertz CT molecular complexity index is 630. The summed E-state index contributed by atoms with van der Waals surface area (Å²) >= 11 is 0. The summed E-state index contributed by atoms with van der Waals surface area (Å²) < 4.78 is 5.64. The van der Waals surface area contributed by atoms with Gasteiger partial charge in [-0.1, -0.05) is 12.1 Å². The summed E-state index contributed by atoms with van der Waals surface area (Å²) in [5, 5.41) is 14.3. The Balaban J connectivity index is 1.69. The van der Waals surface area contributed by atoms with Crippen LogP contribution in [0.3, 0.4) is 0 Å². The van der Waals surface area contributed by atoms with Crippen molar-refractivity contribution in [3.8, 4) is 0 Å². The van der Waals surface area contributed by atoms with Gasteiger partial charge in [0.25, 0.3) is 5.91 Å². The molecule has 0 saturated carbocycles. The lowest BCUT2D eigenvalue weighted by Crippen LogP contribution is -2.40. The first-order valence-corrected chi connectivity index (χ1v) is 8.07. The van der Waals surface area contributed by atoms with Crippen molar-refractivity contribution in [3.63, 3.8) is 0 Å². The molecule has 25 heavy (non-hydrogen) atoms. The fourth-order valence-corrected chi connectivity index (χ4v) is 2.54. The molecular formula is C17H23N3O5. The van der Waals surface area contributed by atoms with Crippen LogP contribution in [0.15, 0.2) is 24.3 Å². The van der Waals surface area contributed by atoms with E-state index in [4.69, 9.17) is 9.84 Å². The van der Waals surface area contributed by atoms with Crippen LogP contribution in [0.1, 0.15) is 28.8 Å². The second-order valence-electron chi connectivity index (χ2n) is 6.12. The van der Waals surface area contributed by atoms with Gasteiger partial charge in [-0.25, -0.2) is 9.59 Å². The van der Waals surface area contributed by atoms with Gasteiger partial charge in [0.05, 0.1) is 11.7 Å². The minimum Gasteiger partial charge on any atom is -0.478 e. The summed E-state index contributed by atoms with van der Waals surface area (Å²) in [6.07, 6.45) is 0.773. The Hall–Kier alpha value is -2.61. The Morgan fingerprint density at radius 2 is 1.84 bits per heavy atom. The molecular weight excluding hydrogens is 326 g/mol. The number of nitrogens with zero attached hydrogens (tertiary/aromatic N) is 1. The van der Waals surface area contributed by atoms with E-state index in [9.17, 15) is 14.4 Å². The molecule has 2 rings (SSSR count). The normalized spacial score (nSPS) is 19.3. The van der Waals surface area contributed by atoms with Crippen molar-refractivity contribution in [3.05, 3.63) is 35.4 Å². The quantitative estimate of drug-likeness (QED) is 0.705. The topological polar surface area (TPSA) is 108 Å². The number of ether oxygens (including phenoxy) is 1. The number of likely N-dealkylation sites (N-methyl/N-ethyl adjacent to an activating group) is 1. The van der Waals surface area contributed by atoms with Crippen molar-refractivity contribution >= 4 is 17.9 Å². The van der Waals surface area contributed by atoms with E-state index in [1.165, 1.54) is 17.0 Å². The smallest absolute Gasteiger partial charge is 0.335 e. The molecule has 136 valence electrons. The lowest BCUT2D eigenvalue weighted by Gasteiger charge is -2.17. The van der Waals surface area contributed by atoms with E-state index in [0.717, 1.165) is 12.0 Å². The highest BCUT2D eigenvalue weighted by atomic mass is 16.5.